The van der Waals surface area contributed by atoms with Crippen molar-refractivity contribution in [1.29, 1.82) is 0 Å². The molecule has 0 atom stereocenters. The van der Waals surface area contributed by atoms with Crippen LogP contribution in [0.1, 0.15) is 23.1 Å². The maximum Gasteiger partial charge on any atom is 0.219 e. The zero-order valence-corrected chi connectivity index (χ0v) is 14.2. The molecule has 0 aliphatic carbocycles. The van der Waals surface area contributed by atoms with Gasteiger partial charge in [-0.15, -0.1) is 10.2 Å². The van der Waals surface area contributed by atoms with Gasteiger partial charge in [0.05, 0.1) is 5.69 Å². The van der Waals surface area contributed by atoms with Crippen LogP contribution in [-0.2, 0) is 0 Å². The van der Waals surface area contributed by atoms with E-state index < -0.39 is 0 Å². The van der Waals surface area contributed by atoms with Gasteiger partial charge in [0.2, 0.25) is 11.6 Å². The predicted octanol–water partition coefficient (Wildman–Crippen LogP) is 4.22. The number of nitrogens with zero attached hydrogens (tertiary/aromatic N) is 3. The Morgan fingerprint density at radius 2 is 1.85 bits per heavy atom. The van der Waals surface area contributed by atoms with Crippen LogP contribution in [0.2, 0.25) is 0 Å². The van der Waals surface area contributed by atoms with Crippen LogP contribution in [0.15, 0.2) is 52.9 Å². The summed E-state index contributed by atoms with van der Waals surface area (Å²) in [5.41, 5.74) is 5.25. The number of hydrogen-bond acceptors (Lipinski definition) is 5. The third-order valence-electron chi connectivity index (χ3n) is 4.11. The summed E-state index contributed by atoms with van der Waals surface area (Å²) in [4.78, 5) is 12.0. The highest BCUT2D eigenvalue weighted by atomic mass is 19.1. The number of hydrogen-bond donors (Lipinski definition) is 1. The van der Waals surface area contributed by atoms with E-state index in [0.29, 0.717) is 17.3 Å². The smallest absolute Gasteiger partial charge is 0.219 e. The lowest BCUT2D eigenvalue weighted by atomic mass is 10.1. The minimum atomic E-state index is -0.348. The Bertz CT molecular complexity index is 1110. The number of Topliss-reactive ketones (excluding diaryl/α,β-unsaturated/α-hetero) is 1. The molecule has 2 aromatic carbocycles. The maximum atomic E-state index is 13.2. The molecule has 0 aliphatic rings. The second kappa shape index (κ2) is 6.11. The first-order valence-electron chi connectivity index (χ1n) is 8.02. The standard InChI is InChI=1S/C19H15FN4O2/c1-11-15-5-3-4-6-16(15)26-17(11)19-22-21-18(12(2)25)24(19)23-14-9-7-13(20)8-10-14/h3-10,23H,1-2H3. The molecule has 130 valence electrons. The van der Waals surface area contributed by atoms with Crippen LogP contribution in [0.4, 0.5) is 10.1 Å². The number of halogens is 1. The third-order valence-corrected chi connectivity index (χ3v) is 4.11. The first-order chi connectivity index (χ1) is 12.5. The van der Waals surface area contributed by atoms with Gasteiger partial charge in [-0.1, -0.05) is 18.2 Å². The van der Waals surface area contributed by atoms with Gasteiger partial charge in [0.25, 0.3) is 0 Å². The average Bonchev–Trinajstić information content (AvgIpc) is 3.18. The molecule has 0 bridgehead atoms. The van der Waals surface area contributed by atoms with Gasteiger partial charge in [-0.3, -0.25) is 10.2 Å². The molecule has 2 aromatic heterocycles. The summed E-state index contributed by atoms with van der Waals surface area (Å²) in [6, 6.07) is 13.4. The number of ketones is 1. The van der Waals surface area contributed by atoms with Crippen LogP contribution in [0, 0.1) is 12.7 Å². The van der Waals surface area contributed by atoms with Crippen molar-refractivity contribution in [2.24, 2.45) is 0 Å². The summed E-state index contributed by atoms with van der Waals surface area (Å²) < 4.78 is 20.6. The molecule has 7 heteroatoms. The molecule has 0 saturated carbocycles. The second-order valence-corrected chi connectivity index (χ2v) is 5.91. The molecule has 2 heterocycles. The fourth-order valence-electron chi connectivity index (χ4n) is 2.81. The van der Waals surface area contributed by atoms with Crippen molar-refractivity contribution in [2.45, 2.75) is 13.8 Å². The Hall–Kier alpha value is -3.48. The SMILES string of the molecule is CC(=O)c1nnc(-c2oc3ccccc3c2C)n1Nc1ccc(F)cc1. The number of carbonyl (C=O) groups excluding carboxylic acids is 1. The van der Waals surface area contributed by atoms with Crippen molar-refractivity contribution in [2.75, 3.05) is 5.43 Å². The van der Waals surface area contributed by atoms with E-state index in [2.05, 4.69) is 15.6 Å². The highest BCUT2D eigenvalue weighted by Gasteiger charge is 2.22. The Labute approximate surface area is 148 Å². The Balaban J connectivity index is 1.87. The average molecular weight is 350 g/mol. The first kappa shape index (κ1) is 16.0. The number of benzene rings is 2. The molecule has 6 nitrogen and oxygen atoms in total. The number of furan rings is 1. The van der Waals surface area contributed by atoms with E-state index >= 15 is 0 Å². The van der Waals surface area contributed by atoms with E-state index in [1.807, 2.05) is 31.2 Å². The van der Waals surface area contributed by atoms with Crippen LogP contribution in [-0.4, -0.2) is 20.7 Å². The molecule has 0 unspecified atom stereocenters. The van der Waals surface area contributed by atoms with Gasteiger partial charge < -0.3 is 4.42 Å². The van der Waals surface area contributed by atoms with E-state index in [1.165, 1.54) is 23.7 Å². The van der Waals surface area contributed by atoms with Gasteiger partial charge in [0.1, 0.15) is 11.4 Å². The van der Waals surface area contributed by atoms with Gasteiger partial charge in [0.15, 0.2) is 11.5 Å². The quantitative estimate of drug-likeness (QED) is 0.558. The Morgan fingerprint density at radius 3 is 2.54 bits per heavy atom. The molecule has 0 saturated heterocycles. The molecular formula is C19H15FN4O2. The van der Waals surface area contributed by atoms with Crippen molar-refractivity contribution in [1.82, 2.24) is 14.9 Å². The van der Waals surface area contributed by atoms with Crippen LogP contribution in [0.3, 0.4) is 0 Å². The van der Waals surface area contributed by atoms with Gasteiger partial charge in [-0.05, 0) is 37.3 Å². The summed E-state index contributed by atoms with van der Waals surface area (Å²) >= 11 is 0. The fourth-order valence-corrected chi connectivity index (χ4v) is 2.81. The minimum Gasteiger partial charge on any atom is -0.452 e. The number of nitrogens with one attached hydrogen (secondary N) is 1. The zero-order chi connectivity index (χ0) is 18.3. The monoisotopic (exact) mass is 350 g/mol. The van der Waals surface area contributed by atoms with Crippen LogP contribution in [0.5, 0.6) is 0 Å². The molecule has 0 amide bonds. The summed E-state index contributed by atoms with van der Waals surface area (Å²) in [6.07, 6.45) is 0. The molecule has 4 aromatic rings. The number of aromatic nitrogens is 3. The third kappa shape index (κ3) is 2.63. The summed E-state index contributed by atoms with van der Waals surface area (Å²) in [6.45, 7) is 3.33. The zero-order valence-electron chi connectivity index (χ0n) is 14.2. The number of anilines is 1. The second-order valence-electron chi connectivity index (χ2n) is 5.91. The number of para-hydroxylation sites is 1. The Kier molecular flexibility index (Phi) is 3.76. The van der Waals surface area contributed by atoms with Crippen molar-refractivity contribution in [3.8, 4) is 11.6 Å². The lowest BCUT2D eigenvalue weighted by Crippen LogP contribution is -2.17. The molecule has 0 fully saturated rings. The van der Waals surface area contributed by atoms with Crippen LogP contribution in [0.25, 0.3) is 22.6 Å². The fraction of sp³-hybridized carbons (Fsp3) is 0.105. The van der Waals surface area contributed by atoms with Crippen molar-refractivity contribution >= 4 is 22.4 Å². The van der Waals surface area contributed by atoms with Crippen molar-refractivity contribution in [3.63, 3.8) is 0 Å². The van der Waals surface area contributed by atoms with Gasteiger partial charge in [-0.25, -0.2) is 9.07 Å². The molecule has 0 aliphatic heterocycles. The van der Waals surface area contributed by atoms with Crippen molar-refractivity contribution < 1.29 is 13.6 Å². The number of carbonyl (C=O) groups is 1. The molecule has 0 spiro atoms. The molecule has 0 radical (unpaired) electrons. The van der Waals surface area contributed by atoms with E-state index in [4.69, 9.17) is 4.42 Å². The minimum absolute atomic E-state index is 0.129. The van der Waals surface area contributed by atoms with Gasteiger partial charge in [-0.2, -0.15) is 0 Å². The molecule has 26 heavy (non-hydrogen) atoms. The molecular weight excluding hydrogens is 335 g/mol. The lowest BCUT2D eigenvalue weighted by Gasteiger charge is -2.11. The number of rotatable bonds is 4. The highest BCUT2D eigenvalue weighted by Crippen LogP contribution is 2.32. The maximum absolute atomic E-state index is 13.2. The van der Waals surface area contributed by atoms with E-state index in [0.717, 1.165) is 16.5 Å². The first-order valence-corrected chi connectivity index (χ1v) is 8.02. The van der Waals surface area contributed by atoms with E-state index in [1.54, 1.807) is 12.1 Å². The predicted molar refractivity (Wildman–Crippen MR) is 95.4 cm³/mol. The lowest BCUT2D eigenvalue weighted by molar-refractivity contribution is 0.100. The molecule has 4 rings (SSSR count). The Morgan fingerprint density at radius 1 is 1.12 bits per heavy atom. The van der Waals surface area contributed by atoms with Gasteiger partial charge >= 0.3 is 0 Å². The summed E-state index contributed by atoms with van der Waals surface area (Å²) in [5.74, 6) is 0.407. The van der Waals surface area contributed by atoms with E-state index in [-0.39, 0.29) is 17.4 Å². The summed E-state index contributed by atoms with van der Waals surface area (Å²) in [5, 5.41) is 9.08. The largest absolute Gasteiger partial charge is 0.452 e. The van der Waals surface area contributed by atoms with Crippen LogP contribution >= 0.6 is 0 Å². The highest BCUT2D eigenvalue weighted by molar-refractivity contribution is 5.92. The van der Waals surface area contributed by atoms with E-state index in [9.17, 15) is 9.18 Å². The topological polar surface area (TPSA) is 73.0 Å². The van der Waals surface area contributed by atoms with Crippen molar-refractivity contribution in [3.05, 3.63) is 65.7 Å². The molecule has 1 N–H and O–H groups in total. The number of aryl methyl sites for hydroxylation is 1. The van der Waals surface area contributed by atoms with Crippen LogP contribution < -0.4 is 5.43 Å². The summed E-state index contributed by atoms with van der Waals surface area (Å²) in [7, 11) is 0. The normalized spacial score (nSPS) is 11.0. The van der Waals surface area contributed by atoms with Gasteiger partial charge in [0, 0.05) is 17.9 Å². The number of fused-ring (bicyclic) bond motifs is 1.